The first kappa shape index (κ1) is 13.3. The fraction of sp³-hybridized carbons (Fsp3) is 0.231. The molecule has 2 N–H and O–H groups in total. The smallest absolute Gasteiger partial charge is 0.0285 e. The molecule has 1 heterocycles. The van der Waals surface area contributed by atoms with E-state index in [4.69, 9.17) is 5.73 Å². The third kappa shape index (κ3) is 3.65. The van der Waals surface area contributed by atoms with Gasteiger partial charge in [-0.1, -0.05) is 28.1 Å². The van der Waals surface area contributed by atoms with Crippen molar-refractivity contribution in [3.05, 3.63) is 55.1 Å². The quantitative estimate of drug-likeness (QED) is 0.833. The highest BCUT2D eigenvalue weighted by molar-refractivity contribution is 9.10. The minimum atomic E-state index is 0.387. The SMILES string of the molecule is NCC(Cc1cc(Br)cs1)c1cccc(Br)c1. The van der Waals surface area contributed by atoms with Crippen molar-refractivity contribution in [1.82, 2.24) is 0 Å². The second kappa shape index (κ2) is 6.14. The molecule has 0 saturated carbocycles. The van der Waals surface area contributed by atoms with Gasteiger partial charge in [-0.05, 0) is 52.7 Å². The van der Waals surface area contributed by atoms with Crippen molar-refractivity contribution in [2.45, 2.75) is 12.3 Å². The summed E-state index contributed by atoms with van der Waals surface area (Å²) < 4.78 is 2.27. The Labute approximate surface area is 122 Å². The van der Waals surface area contributed by atoms with E-state index in [0.717, 1.165) is 15.4 Å². The molecule has 2 rings (SSSR count). The number of rotatable bonds is 4. The Morgan fingerprint density at radius 1 is 1.18 bits per heavy atom. The third-order valence-corrected chi connectivity index (χ3v) is 4.89. The van der Waals surface area contributed by atoms with Crippen LogP contribution < -0.4 is 5.73 Å². The van der Waals surface area contributed by atoms with Crippen LogP contribution in [0.25, 0.3) is 0 Å². The highest BCUT2D eigenvalue weighted by Gasteiger charge is 2.12. The Morgan fingerprint density at radius 2 is 2.00 bits per heavy atom. The Hall–Kier alpha value is -0.160. The lowest BCUT2D eigenvalue weighted by Crippen LogP contribution is -2.14. The minimum absolute atomic E-state index is 0.387. The molecule has 0 radical (unpaired) electrons. The molecule has 0 bridgehead atoms. The number of halogens is 2. The van der Waals surface area contributed by atoms with Gasteiger partial charge in [0.25, 0.3) is 0 Å². The Bertz CT molecular complexity index is 496. The molecule has 0 spiro atoms. The normalized spacial score (nSPS) is 12.6. The molecule has 0 fully saturated rings. The maximum atomic E-state index is 5.89. The number of thiophene rings is 1. The summed E-state index contributed by atoms with van der Waals surface area (Å²) in [6.07, 6.45) is 1.00. The van der Waals surface area contributed by atoms with Crippen molar-refractivity contribution in [1.29, 1.82) is 0 Å². The second-order valence-corrected chi connectivity index (χ2v) is 6.75. The molecule has 0 aliphatic rings. The molecule has 0 amide bonds. The van der Waals surface area contributed by atoms with E-state index in [1.54, 1.807) is 11.3 Å². The van der Waals surface area contributed by atoms with Crippen molar-refractivity contribution < 1.29 is 0 Å². The van der Waals surface area contributed by atoms with Crippen LogP contribution in [-0.4, -0.2) is 6.54 Å². The Balaban J connectivity index is 2.16. The molecular formula is C13H13Br2NS. The number of nitrogens with two attached hydrogens (primary N) is 1. The Morgan fingerprint density at radius 3 is 2.59 bits per heavy atom. The van der Waals surface area contributed by atoms with E-state index >= 15 is 0 Å². The maximum Gasteiger partial charge on any atom is 0.0285 e. The van der Waals surface area contributed by atoms with Gasteiger partial charge in [-0.2, -0.15) is 0 Å². The second-order valence-electron chi connectivity index (χ2n) is 3.92. The summed E-state index contributed by atoms with van der Waals surface area (Å²) in [4.78, 5) is 1.37. The molecule has 1 aromatic heterocycles. The van der Waals surface area contributed by atoms with Crippen LogP contribution in [0.15, 0.2) is 44.7 Å². The molecule has 1 unspecified atom stereocenters. The molecule has 0 aliphatic carbocycles. The zero-order valence-electron chi connectivity index (χ0n) is 9.20. The standard InChI is InChI=1S/C13H13Br2NS/c14-11-3-1-2-9(4-11)10(7-16)5-13-6-12(15)8-17-13/h1-4,6,8,10H,5,7,16H2. The van der Waals surface area contributed by atoms with E-state index in [1.165, 1.54) is 10.4 Å². The van der Waals surface area contributed by atoms with E-state index < -0.39 is 0 Å². The molecule has 1 atom stereocenters. The van der Waals surface area contributed by atoms with E-state index in [1.807, 2.05) is 6.07 Å². The van der Waals surface area contributed by atoms with Crippen molar-refractivity contribution in [2.24, 2.45) is 5.73 Å². The fourth-order valence-electron chi connectivity index (χ4n) is 1.80. The lowest BCUT2D eigenvalue weighted by molar-refractivity contribution is 0.701. The van der Waals surface area contributed by atoms with Crippen LogP contribution in [0.1, 0.15) is 16.4 Å². The van der Waals surface area contributed by atoms with Crippen molar-refractivity contribution in [3.8, 4) is 0 Å². The van der Waals surface area contributed by atoms with Gasteiger partial charge in [0.1, 0.15) is 0 Å². The van der Waals surface area contributed by atoms with Crippen LogP contribution in [0.5, 0.6) is 0 Å². The molecule has 17 heavy (non-hydrogen) atoms. The third-order valence-electron chi connectivity index (χ3n) is 2.67. The van der Waals surface area contributed by atoms with Gasteiger partial charge < -0.3 is 5.73 Å². The van der Waals surface area contributed by atoms with Crippen molar-refractivity contribution >= 4 is 43.2 Å². The van der Waals surface area contributed by atoms with Crippen LogP contribution >= 0.6 is 43.2 Å². The molecule has 2 aromatic rings. The highest BCUT2D eigenvalue weighted by atomic mass is 79.9. The zero-order chi connectivity index (χ0) is 12.3. The van der Waals surface area contributed by atoms with Gasteiger partial charge in [0.15, 0.2) is 0 Å². The average Bonchev–Trinajstić information content (AvgIpc) is 2.72. The number of hydrogen-bond donors (Lipinski definition) is 1. The summed E-state index contributed by atoms with van der Waals surface area (Å²) in [5.41, 5.74) is 7.18. The fourth-order valence-corrected chi connectivity index (χ4v) is 3.75. The molecule has 1 nitrogen and oxygen atoms in total. The van der Waals surface area contributed by atoms with E-state index in [9.17, 15) is 0 Å². The van der Waals surface area contributed by atoms with Crippen molar-refractivity contribution in [3.63, 3.8) is 0 Å². The molecule has 0 aliphatic heterocycles. The Kier molecular flexibility index (Phi) is 4.79. The largest absolute Gasteiger partial charge is 0.330 e. The monoisotopic (exact) mass is 373 g/mol. The maximum absolute atomic E-state index is 5.89. The summed E-state index contributed by atoms with van der Waals surface area (Å²) in [6, 6.07) is 10.6. The van der Waals surface area contributed by atoms with Gasteiger partial charge in [-0.3, -0.25) is 0 Å². The average molecular weight is 375 g/mol. The number of benzene rings is 1. The van der Waals surface area contributed by atoms with Crippen LogP contribution in [0.4, 0.5) is 0 Å². The highest BCUT2D eigenvalue weighted by Crippen LogP contribution is 2.27. The summed E-state index contributed by atoms with van der Waals surface area (Å²) >= 11 is 8.76. The lowest BCUT2D eigenvalue weighted by atomic mass is 9.95. The van der Waals surface area contributed by atoms with Gasteiger partial charge in [0.05, 0.1) is 0 Å². The summed E-state index contributed by atoms with van der Waals surface area (Å²) in [5.74, 6) is 0.387. The van der Waals surface area contributed by atoms with Crippen LogP contribution in [0.2, 0.25) is 0 Å². The van der Waals surface area contributed by atoms with Gasteiger partial charge in [0.2, 0.25) is 0 Å². The van der Waals surface area contributed by atoms with E-state index in [0.29, 0.717) is 12.5 Å². The molecule has 4 heteroatoms. The van der Waals surface area contributed by atoms with E-state index in [2.05, 4.69) is 61.5 Å². The van der Waals surface area contributed by atoms with Gasteiger partial charge >= 0.3 is 0 Å². The number of hydrogen-bond acceptors (Lipinski definition) is 2. The lowest BCUT2D eigenvalue weighted by Gasteiger charge is -2.14. The van der Waals surface area contributed by atoms with Crippen LogP contribution in [0, 0.1) is 0 Å². The predicted molar refractivity (Wildman–Crippen MR) is 81.7 cm³/mol. The first-order chi connectivity index (χ1) is 8.19. The summed E-state index contributed by atoms with van der Waals surface area (Å²) in [5, 5.41) is 2.11. The molecule has 1 aromatic carbocycles. The zero-order valence-corrected chi connectivity index (χ0v) is 13.2. The predicted octanol–water partition coefficient (Wildman–Crippen LogP) is 4.56. The van der Waals surface area contributed by atoms with Gasteiger partial charge in [-0.25, -0.2) is 0 Å². The summed E-state index contributed by atoms with van der Waals surface area (Å²) in [6.45, 7) is 0.673. The van der Waals surface area contributed by atoms with Gasteiger partial charge in [0, 0.05) is 25.1 Å². The van der Waals surface area contributed by atoms with E-state index in [-0.39, 0.29) is 0 Å². The summed E-state index contributed by atoms with van der Waals surface area (Å²) in [7, 11) is 0. The molecular weight excluding hydrogens is 362 g/mol. The van der Waals surface area contributed by atoms with Gasteiger partial charge in [-0.15, -0.1) is 11.3 Å². The minimum Gasteiger partial charge on any atom is -0.330 e. The molecule has 0 saturated heterocycles. The van der Waals surface area contributed by atoms with Crippen LogP contribution in [0.3, 0.4) is 0 Å². The van der Waals surface area contributed by atoms with Crippen molar-refractivity contribution in [2.75, 3.05) is 6.54 Å². The van der Waals surface area contributed by atoms with Crippen LogP contribution in [-0.2, 0) is 6.42 Å². The first-order valence-corrected chi connectivity index (χ1v) is 7.84. The topological polar surface area (TPSA) is 26.0 Å². The first-order valence-electron chi connectivity index (χ1n) is 5.37. The molecule has 90 valence electrons.